The molecular formula is C23H21BrN2O5. The number of rotatable bonds is 9. The largest absolute Gasteiger partial charge is 0.493 e. The van der Waals surface area contributed by atoms with Gasteiger partial charge in [-0.2, -0.15) is 5.26 Å². The van der Waals surface area contributed by atoms with Gasteiger partial charge in [-0.3, -0.25) is 4.79 Å². The Bertz CT molecular complexity index is 1060. The Balaban J connectivity index is 2.09. The quantitative estimate of drug-likeness (QED) is 0.190. The van der Waals surface area contributed by atoms with E-state index in [0.717, 1.165) is 10.0 Å². The highest BCUT2D eigenvalue weighted by Crippen LogP contribution is 2.29. The molecule has 1 amide bonds. The molecule has 0 unspecified atom stereocenters. The Hall–Kier alpha value is -3.57. The van der Waals surface area contributed by atoms with E-state index in [1.807, 2.05) is 25.1 Å². The zero-order chi connectivity index (χ0) is 22.8. The van der Waals surface area contributed by atoms with E-state index in [-0.39, 0.29) is 30.2 Å². The lowest BCUT2D eigenvalue weighted by atomic mass is 10.1. The number of halogens is 1. The fraction of sp³-hybridized carbons (Fsp3) is 0.174. The van der Waals surface area contributed by atoms with Gasteiger partial charge in [-0.1, -0.05) is 28.1 Å². The molecule has 0 aliphatic heterocycles. The maximum Gasteiger partial charge on any atom is 0.349 e. The van der Waals surface area contributed by atoms with E-state index in [1.165, 1.54) is 25.3 Å². The molecule has 31 heavy (non-hydrogen) atoms. The molecule has 0 aromatic heterocycles. The van der Waals surface area contributed by atoms with E-state index in [9.17, 15) is 14.9 Å². The number of methoxy groups -OCH3 is 1. The molecule has 0 saturated heterocycles. The summed E-state index contributed by atoms with van der Waals surface area (Å²) in [5.74, 6) is -0.0878. The normalized spacial score (nSPS) is 10.6. The summed E-state index contributed by atoms with van der Waals surface area (Å²) in [6, 6.07) is 12.0. The molecule has 2 aromatic rings. The molecule has 0 bridgehead atoms. The summed E-state index contributed by atoms with van der Waals surface area (Å²) in [6.07, 6.45) is 2.92. The van der Waals surface area contributed by atoms with Gasteiger partial charge in [-0.15, -0.1) is 6.58 Å². The molecule has 0 saturated carbocycles. The summed E-state index contributed by atoms with van der Waals surface area (Å²) in [7, 11) is 1.42. The zero-order valence-corrected chi connectivity index (χ0v) is 18.7. The number of aryl methyl sites for hydroxylation is 1. The number of nitrogens with zero attached hydrogens (tertiary/aromatic N) is 1. The molecule has 0 aliphatic carbocycles. The lowest BCUT2D eigenvalue weighted by Gasteiger charge is -2.12. The van der Waals surface area contributed by atoms with Crippen LogP contribution in [-0.4, -0.2) is 32.1 Å². The Morgan fingerprint density at radius 2 is 1.94 bits per heavy atom. The second kappa shape index (κ2) is 11.6. The van der Waals surface area contributed by atoms with Crippen LogP contribution in [0.15, 0.2) is 59.1 Å². The second-order valence-electron chi connectivity index (χ2n) is 6.25. The van der Waals surface area contributed by atoms with Crippen molar-refractivity contribution in [3.63, 3.8) is 0 Å². The molecule has 2 aromatic carbocycles. The summed E-state index contributed by atoms with van der Waals surface area (Å²) in [5.41, 5.74) is 1.33. The molecular weight excluding hydrogens is 464 g/mol. The summed E-state index contributed by atoms with van der Waals surface area (Å²) < 4.78 is 17.0. The van der Waals surface area contributed by atoms with Crippen LogP contribution in [0.25, 0.3) is 6.08 Å². The molecule has 0 radical (unpaired) electrons. The predicted molar refractivity (Wildman–Crippen MR) is 120 cm³/mol. The van der Waals surface area contributed by atoms with Crippen LogP contribution in [0.1, 0.15) is 11.1 Å². The number of benzene rings is 2. The molecule has 0 atom stereocenters. The van der Waals surface area contributed by atoms with Crippen molar-refractivity contribution >= 4 is 33.9 Å². The summed E-state index contributed by atoms with van der Waals surface area (Å²) in [6.45, 7) is 5.34. The molecule has 0 spiro atoms. The number of nitrogens with one attached hydrogen (secondary N) is 1. The third kappa shape index (κ3) is 7.01. The minimum atomic E-state index is -0.606. The standard InChI is InChI=1S/C23H21BrN2O5/c1-4-9-26-23(28)17(13-25)11-16-5-7-20(21(12-16)29-3)31-22(27)14-30-19-8-6-18(24)10-15(19)2/h4-8,10-12H,1,9,14H2,2-3H3,(H,26,28). The van der Waals surface area contributed by atoms with Crippen LogP contribution in [0.3, 0.4) is 0 Å². The van der Waals surface area contributed by atoms with Gasteiger partial charge in [0.2, 0.25) is 0 Å². The predicted octanol–water partition coefficient (Wildman–Crippen LogP) is 3.96. The van der Waals surface area contributed by atoms with Gasteiger partial charge >= 0.3 is 5.97 Å². The fourth-order valence-corrected chi connectivity index (χ4v) is 2.97. The zero-order valence-electron chi connectivity index (χ0n) is 17.1. The van der Waals surface area contributed by atoms with E-state index in [2.05, 4.69) is 27.8 Å². The Labute approximate surface area is 189 Å². The van der Waals surface area contributed by atoms with Crippen molar-refractivity contribution in [2.75, 3.05) is 20.3 Å². The number of amides is 1. The average molecular weight is 485 g/mol. The molecule has 160 valence electrons. The van der Waals surface area contributed by atoms with Crippen LogP contribution >= 0.6 is 15.9 Å². The summed E-state index contributed by atoms with van der Waals surface area (Å²) in [5, 5.41) is 11.8. The number of nitriles is 1. The van der Waals surface area contributed by atoms with Crippen LogP contribution in [-0.2, 0) is 9.59 Å². The van der Waals surface area contributed by atoms with Gasteiger partial charge in [0.25, 0.3) is 5.91 Å². The van der Waals surface area contributed by atoms with Crippen molar-refractivity contribution in [2.24, 2.45) is 0 Å². The van der Waals surface area contributed by atoms with Crippen molar-refractivity contribution < 1.29 is 23.8 Å². The summed E-state index contributed by atoms with van der Waals surface area (Å²) in [4.78, 5) is 24.2. The second-order valence-corrected chi connectivity index (χ2v) is 7.17. The van der Waals surface area contributed by atoms with Crippen molar-refractivity contribution in [2.45, 2.75) is 6.92 Å². The first-order chi connectivity index (χ1) is 14.9. The van der Waals surface area contributed by atoms with Crippen molar-refractivity contribution in [1.29, 1.82) is 5.26 Å². The van der Waals surface area contributed by atoms with Gasteiger partial charge < -0.3 is 19.5 Å². The monoisotopic (exact) mass is 484 g/mol. The SMILES string of the molecule is C=CCNC(=O)C(C#N)=Cc1ccc(OC(=O)COc2ccc(Br)cc2C)c(OC)c1. The van der Waals surface area contributed by atoms with Gasteiger partial charge in [0.15, 0.2) is 18.1 Å². The Morgan fingerprint density at radius 1 is 1.19 bits per heavy atom. The van der Waals surface area contributed by atoms with Gasteiger partial charge in [0, 0.05) is 11.0 Å². The highest BCUT2D eigenvalue weighted by atomic mass is 79.9. The van der Waals surface area contributed by atoms with E-state index < -0.39 is 11.9 Å². The number of hydrogen-bond acceptors (Lipinski definition) is 6. The first kappa shape index (κ1) is 23.7. The van der Waals surface area contributed by atoms with E-state index in [4.69, 9.17) is 14.2 Å². The molecule has 0 aliphatic rings. The highest BCUT2D eigenvalue weighted by Gasteiger charge is 2.13. The van der Waals surface area contributed by atoms with Crippen LogP contribution in [0, 0.1) is 18.3 Å². The Morgan fingerprint density at radius 3 is 2.58 bits per heavy atom. The van der Waals surface area contributed by atoms with Crippen molar-refractivity contribution in [3.05, 3.63) is 70.2 Å². The first-order valence-electron chi connectivity index (χ1n) is 9.16. The molecule has 2 rings (SSSR count). The minimum Gasteiger partial charge on any atom is -0.493 e. The Kier molecular flexibility index (Phi) is 8.85. The minimum absolute atomic E-state index is 0.0769. The maximum absolute atomic E-state index is 12.2. The average Bonchev–Trinajstić information content (AvgIpc) is 2.75. The number of carbonyl (C=O) groups excluding carboxylic acids is 2. The smallest absolute Gasteiger partial charge is 0.349 e. The first-order valence-corrected chi connectivity index (χ1v) is 9.95. The van der Waals surface area contributed by atoms with Crippen LogP contribution in [0.2, 0.25) is 0 Å². The summed E-state index contributed by atoms with van der Waals surface area (Å²) >= 11 is 3.37. The molecule has 1 N–H and O–H groups in total. The molecule has 0 heterocycles. The van der Waals surface area contributed by atoms with Crippen LogP contribution < -0.4 is 19.5 Å². The van der Waals surface area contributed by atoms with E-state index in [1.54, 1.807) is 18.2 Å². The molecule has 8 heteroatoms. The third-order valence-corrected chi connectivity index (χ3v) is 4.47. The third-order valence-electron chi connectivity index (χ3n) is 3.98. The number of esters is 1. The van der Waals surface area contributed by atoms with E-state index >= 15 is 0 Å². The van der Waals surface area contributed by atoms with Gasteiger partial charge in [0.05, 0.1) is 7.11 Å². The maximum atomic E-state index is 12.2. The topological polar surface area (TPSA) is 97.7 Å². The number of ether oxygens (including phenoxy) is 3. The van der Waals surface area contributed by atoms with Gasteiger partial charge in [-0.25, -0.2) is 4.79 Å². The van der Waals surface area contributed by atoms with Crippen molar-refractivity contribution in [1.82, 2.24) is 5.32 Å². The van der Waals surface area contributed by atoms with Crippen molar-refractivity contribution in [3.8, 4) is 23.3 Å². The van der Waals surface area contributed by atoms with Crippen LogP contribution in [0.4, 0.5) is 0 Å². The van der Waals surface area contributed by atoms with Crippen LogP contribution in [0.5, 0.6) is 17.2 Å². The molecule has 0 fully saturated rings. The van der Waals surface area contributed by atoms with Gasteiger partial charge in [0.1, 0.15) is 17.4 Å². The number of hydrogen-bond donors (Lipinski definition) is 1. The van der Waals surface area contributed by atoms with E-state index in [0.29, 0.717) is 11.3 Å². The molecule has 7 nitrogen and oxygen atoms in total. The number of carbonyl (C=O) groups is 2. The lowest BCUT2D eigenvalue weighted by Crippen LogP contribution is -2.24. The van der Waals surface area contributed by atoms with Gasteiger partial charge in [-0.05, 0) is 54.5 Å². The highest BCUT2D eigenvalue weighted by molar-refractivity contribution is 9.10. The lowest BCUT2D eigenvalue weighted by molar-refractivity contribution is -0.136. The fourth-order valence-electron chi connectivity index (χ4n) is 2.50.